The van der Waals surface area contributed by atoms with Crippen molar-refractivity contribution in [2.75, 3.05) is 18.5 Å². The molecule has 2 aromatic heterocycles. The van der Waals surface area contributed by atoms with Gasteiger partial charge in [0.05, 0.1) is 16.5 Å². The van der Waals surface area contributed by atoms with Gasteiger partial charge in [-0.25, -0.2) is 9.59 Å². The molecule has 2 aromatic rings. The fourth-order valence-corrected chi connectivity index (χ4v) is 4.39. The summed E-state index contributed by atoms with van der Waals surface area (Å²) in [4.78, 5) is 37.5. The van der Waals surface area contributed by atoms with Crippen molar-refractivity contribution in [1.29, 1.82) is 0 Å². The highest BCUT2D eigenvalue weighted by Crippen LogP contribution is 2.34. The van der Waals surface area contributed by atoms with Crippen LogP contribution in [0.25, 0.3) is 0 Å². The van der Waals surface area contributed by atoms with Crippen molar-refractivity contribution in [2.45, 2.75) is 27.2 Å². The summed E-state index contributed by atoms with van der Waals surface area (Å²) in [5.74, 6) is -1.64. The molecule has 0 fully saturated rings. The highest BCUT2D eigenvalue weighted by atomic mass is 35.5. The SMILES string of the molecule is CCOC(=O)c1c(NC(=O)COC(=O)c2ccc(Cl)s2)sc(C)c1CC. The minimum Gasteiger partial charge on any atom is -0.462 e. The van der Waals surface area contributed by atoms with Crippen molar-refractivity contribution in [3.05, 3.63) is 37.4 Å². The Morgan fingerprint density at radius 3 is 2.42 bits per heavy atom. The number of thiophene rings is 2. The molecule has 2 rings (SSSR count). The van der Waals surface area contributed by atoms with E-state index in [-0.39, 0.29) is 6.61 Å². The molecule has 0 aromatic carbocycles. The van der Waals surface area contributed by atoms with Crippen LogP contribution >= 0.6 is 34.3 Å². The van der Waals surface area contributed by atoms with Gasteiger partial charge in [-0.05, 0) is 38.0 Å². The molecule has 0 aliphatic rings. The van der Waals surface area contributed by atoms with Crippen LogP contribution in [0.2, 0.25) is 4.34 Å². The van der Waals surface area contributed by atoms with Gasteiger partial charge in [0.15, 0.2) is 6.61 Å². The molecule has 0 aliphatic heterocycles. The third-order valence-corrected chi connectivity index (χ3v) is 5.68. The Hall–Kier alpha value is -1.90. The lowest BCUT2D eigenvalue weighted by Gasteiger charge is -2.08. The lowest BCUT2D eigenvalue weighted by molar-refractivity contribution is -0.119. The van der Waals surface area contributed by atoms with Crippen LogP contribution in [-0.2, 0) is 20.7 Å². The molecule has 0 unspecified atom stereocenters. The Labute approximate surface area is 164 Å². The van der Waals surface area contributed by atoms with Crippen LogP contribution in [-0.4, -0.2) is 31.1 Å². The van der Waals surface area contributed by atoms with E-state index in [2.05, 4.69) is 5.32 Å². The quantitative estimate of drug-likeness (QED) is 0.681. The van der Waals surface area contributed by atoms with Gasteiger partial charge in [-0.2, -0.15) is 0 Å². The Bertz CT molecular complexity index is 827. The van der Waals surface area contributed by atoms with Gasteiger partial charge in [-0.1, -0.05) is 18.5 Å². The minimum atomic E-state index is -0.626. The van der Waals surface area contributed by atoms with Crippen molar-refractivity contribution >= 4 is 57.1 Å². The second-order valence-corrected chi connectivity index (χ2v) is 8.08. The zero-order valence-corrected chi connectivity index (χ0v) is 16.9. The molecule has 0 bridgehead atoms. The first-order valence-electron chi connectivity index (χ1n) is 7.89. The lowest BCUT2D eigenvalue weighted by Crippen LogP contribution is -2.21. The zero-order valence-electron chi connectivity index (χ0n) is 14.5. The molecule has 1 N–H and O–H groups in total. The molecule has 26 heavy (non-hydrogen) atoms. The van der Waals surface area contributed by atoms with Crippen molar-refractivity contribution in [3.8, 4) is 0 Å². The Morgan fingerprint density at radius 1 is 1.12 bits per heavy atom. The van der Waals surface area contributed by atoms with E-state index in [4.69, 9.17) is 21.1 Å². The predicted molar refractivity (Wildman–Crippen MR) is 103 cm³/mol. The number of carbonyl (C=O) groups is 3. The number of amides is 1. The summed E-state index contributed by atoms with van der Waals surface area (Å²) in [5.41, 5.74) is 1.20. The minimum absolute atomic E-state index is 0.241. The molecule has 0 saturated carbocycles. The predicted octanol–water partition coefficient (Wildman–Crippen LogP) is 4.31. The Morgan fingerprint density at radius 2 is 1.85 bits per heavy atom. The third kappa shape index (κ3) is 4.84. The lowest BCUT2D eigenvalue weighted by atomic mass is 10.1. The fourth-order valence-electron chi connectivity index (χ4n) is 2.30. The van der Waals surface area contributed by atoms with Gasteiger partial charge in [0, 0.05) is 4.88 Å². The van der Waals surface area contributed by atoms with E-state index in [1.54, 1.807) is 13.0 Å². The van der Waals surface area contributed by atoms with E-state index in [9.17, 15) is 14.4 Å². The van der Waals surface area contributed by atoms with Gasteiger partial charge in [-0.3, -0.25) is 4.79 Å². The van der Waals surface area contributed by atoms with E-state index >= 15 is 0 Å². The molecule has 2 heterocycles. The number of anilines is 1. The van der Waals surface area contributed by atoms with Crippen LogP contribution in [0.1, 0.15) is 44.3 Å². The number of ether oxygens (including phenoxy) is 2. The monoisotopic (exact) mass is 415 g/mol. The number of hydrogen-bond donors (Lipinski definition) is 1. The van der Waals surface area contributed by atoms with Crippen molar-refractivity contribution < 1.29 is 23.9 Å². The van der Waals surface area contributed by atoms with E-state index < -0.39 is 24.5 Å². The smallest absolute Gasteiger partial charge is 0.348 e. The maximum Gasteiger partial charge on any atom is 0.348 e. The van der Waals surface area contributed by atoms with Crippen LogP contribution in [0, 0.1) is 6.92 Å². The molecule has 6 nitrogen and oxygen atoms in total. The summed E-state index contributed by atoms with van der Waals surface area (Å²) in [6, 6.07) is 3.11. The molecule has 0 spiro atoms. The first kappa shape index (κ1) is 20.4. The molecule has 0 radical (unpaired) electrons. The summed E-state index contributed by atoms with van der Waals surface area (Å²) in [7, 11) is 0. The average Bonchev–Trinajstić information content (AvgIpc) is 3.15. The van der Waals surface area contributed by atoms with Crippen molar-refractivity contribution in [3.63, 3.8) is 0 Å². The molecular weight excluding hydrogens is 398 g/mol. The summed E-state index contributed by atoms with van der Waals surface area (Å²) in [6.07, 6.45) is 0.639. The van der Waals surface area contributed by atoms with Crippen molar-refractivity contribution in [2.24, 2.45) is 0 Å². The first-order chi connectivity index (χ1) is 12.4. The van der Waals surface area contributed by atoms with Crippen LogP contribution in [0.3, 0.4) is 0 Å². The third-order valence-electron chi connectivity index (χ3n) is 3.40. The molecule has 1 amide bonds. The maximum atomic E-state index is 12.2. The van der Waals surface area contributed by atoms with Gasteiger partial charge >= 0.3 is 11.9 Å². The van der Waals surface area contributed by atoms with Crippen LogP contribution in [0.4, 0.5) is 5.00 Å². The number of hydrogen-bond acceptors (Lipinski definition) is 7. The van der Waals surface area contributed by atoms with Gasteiger partial charge in [0.1, 0.15) is 9.88 Å². The fraction of sp³-hybridized carbons (Fsp3) is 0.353. The summed E-state index contributed by atoms with van der Waals surface area (Å²) < 4.78 is 10.5. The summed E-state index contributed by atoms with van der Waals surface area (Å²) in [5, 5.41) is 3.04. The summed E-state index contributed by atoms with van der Waals surface area (Å²) >= 11 is 8.13. The standard InChI is InChI=1S/C17H18ClNO5S2/c1-4-10-9(3)25-15(14(10)17(22)23-5-2)19-13(20)8-24-16(21)11-6-7-12(18)26-11/h6-7H,4-5,8H2,1-3H3,(H,19,20). The molecule has 9 heteroatoms. The summed E-state index contributed by atoms with van der Waals surface area (Å²) in [6.45, 7) is 5.30. The number of rotatable bonds is 7. The topological polar surface area (TPSA) is 81.7 Å². The van der Waals surface area contributed by atoms with Crippen LogP contribution < -0.4 is 5.32 Å². The van der Waals surface area contributed by atoms with Crippen LogP contribution in [0.5, 0.6) is 0 Å². The number of carbonyl (C=O) groups excluding carboxylic acids is 3. The Balaban J connectivity index is 2.06. The highest BCUT2D eigenvalue weighted by molar-refractivity contribution is 7.18. The van der Waals surface area contributed by atoms with E-state index in [0.29, 0.717) is 26.2 Å². The highest BCUT2D eigenvalue weighted by Gasteiger charge is 2.23. The van der Waals surface area contributed by atoms with Gasteiger partial charge in [-0.15, -0.1) is 22.7 Å². The average molecular weight is 416 g/mol. The molecule has 140 valence electrons. The van der Waals surface area contributed by atoms with Gasteiger partial charge in [0.25, 0.3) is 5.91 Å². The number of aryl methyl sites for hydroxylation is 1. The van der Waals surface area contributed by atoms with Crippen molar-refractivity contribution in [1.82, 2.24) is 0 Å². The first-order valence-corrected chi connectivity index (χ1v) is 9.90. The molecule has 0 aliphatic carbocycles. The van der Waals surface area contributed by atoms with E-state index in [0.717, 1.165) is 21.8 Å². The van der Waals surface area contributed by atoms with E-state index in [1.165, 1.54) is 17.4 Å². The van der Waals surface area contributed by atoms with Gasteiger partial charge < -0.3 is 14.8 Å². The number of esters is 2. The van der Waals surface area contributed by atoms with Crippen LogP contribution in [0.15, 0.2) is 12.1 Å². The largest absolute Gasteiger partial charge is 0.462 e. The maximum absolute atomic E-state index is 12.2. The second kappa shape index (κ2) is 9.16. The molecule has 0 saturated heterocycles. The van der Waals surface area contributed by atoms with Gasteiger partial charge in [0.2, 0.25) is 0 Å². The number of nitrogens with one attached hydrogen (secondary N) is 1. The number of halogens is 1. The molecular formula is C17H18ClNO5S2. The second-order valence-electron chi connectivity index (χ2n) is 5.14. The normalized spacial score (nSPS) is 10.5. The zero-order chi connectivity index (χ0) is 19.3. The van der Waals surface area contributed by atoms with E-state index in [1.807, 2.05) is 13.8 Å². The Kier molecular flexibility index (Phi) is 7.19. The molecule has 0 atom stereocenters.